The molecule has 3 saturated carbocycles. The molecule has 3 fully saturated rings. The average Bonchev–Trinajstić information content (AvgIpc) is 3.39. The molecule has 0 aromatic carbocycles. The highest BCUT2D eigenvalue weighted by Crippen LogP contribution is 2.47. The second kappa shape index (κ2) is 5.34. The van der Waals surface area contributed by atoms with Crippen LogP contribution in [-0.2, 0) is 0 Å². The van der Waals surface area contributed by atoms with Crippen LogP contribution in [0.4, 0.5) is 0 Å². The lowest BCUT2D eigenvalue weighted by Crippen LogP contribution is -2.38. The van der Waals surface area contributed by atoms with E-state index in [1.165, 1.54) is 62.3 Å². The van der Waals surface area contributed by atoms with Crippen LogP contribution in [0.25, 0.3) is 0 Å². The Kier molecular flexibility index (Phi) is 3.50. The zero-order valence-electron chi connectivity index (χ0n) is 12.2. The van der Waals surface area contributed by atoms with Gasteiger partial charge in [-0.1, -0.05) is 24.6 Å². The molecule has 1 aromatic rings. The zero-order valence-corrected chi connectivity index (χ0v) is 13.0. The molecule has 2 unspecified atom stereocenters. The van der Waals surface area contributed by atoms with Gasteiger partial charge in [-0.05, 0) is 45.6 Å². The first kappa shape index (κ1) is 13.1. The van der Waals surface area contributed by atoms with Crippen LogP contribution in [0.5, 0.6) is 0 Å². The lowest BCUT2D eigenvalue weighted by Gasteiger charge is -2.30. The molecule has 0 saturated heterocycles. The molecule has 1 heterocycles. The maximum absolute atomic E-state index is 4.55. The van der Waals surface area contributed by atoms with Crippen LogP contribution in [0.15, 0.2) is 5.16 Å². The van der Waals surface area contributed by atoms with E-state index in [1.807, 2.05) is 11.8 Å². The summed E-state index contributed by atoms with van der Waals surface area (Å²) >= 11 is 1.99. The number of nitrogens with zero attached hydrogens (tertiary/aromatic N) is 3. The molecular weight excluding hydrogens is 268 g/mol. The zero-order chi connectivity index (χ0) is 13.5. The SMILES string of the molecule is CNC1CCCCC1Sc1nnc(C2CC2)n1C1CC1. The first-order valence-electron chi connectivity index (χ1n) is 8.15. The molecule has 20 heavy (non-hydrogen) atoms. The minimum absolute atomic E-state index is 0.641. The van der Waals surface area contributed by atoms with E-state index in [9.17, 15) is 0 Å². The summed E-state index contributed by atoms with van der Waals surface area (Å²) in [6.07, 6.45) is 10.6. The van der Waals surface area contributed by atoms with Gasteiger partial charge in [0, 0.05) is 23.3 Å². The van der Waals surface area contributed by atoms with Crippen LogP contribution in [0, 0.1) is 0 Å². The van der Waals surface area contributed by atoms with E-state index in [1.54, 1.807) is 0 Å². The van der Waals surface area contributed by atoms with E-state index in [0.717, 1.165) is 0 Å². The minimum atomic E-state index is 0.641. The molecule has 0 spiro atoms. The molecule has 5 heteroatoms. The molecule has 3 aliphatic carbocycles. The van der Waals surface area contributed by atoms with Crippen molar-refractivity contribution in [3.63, 3.8) is 0 Å². The Balaban J connectivity index is 1.55. The van der Waals surface area contributed by atoms with Crippen LogP contribution in [-0.4, -0.2) is 33.1 Å². The van der Waals surface area contributed by atoms with Gasteiger partial charge in [0.2, 0.25) is 0 Å². The fourth-order valence-corrected chi connectivity index (χ4v) is 4.80. The predicted octanol–water partition coefficient (Wildman–Crippen LogP) is 3.11. The highest BCUT2D eigenvalue weighted by molar-refractivity contribution is 7.99. The van der Waals surface area contributed by atoms with E-state index in [4.69, 9.17) is 0 Å². The van der Waals surface area contributed by atoms with Crippen molar-refractivity contribution in [2.24, 2.45) is 0 Å². The summed E-state index contributed by atoms with van der Waals surface area (Å²) in [5, 5.41) is 14.4. The molecule has 1 aromatic heterocycles. The molecule has 0 radical (unpaired) electrons. The average molecular weight is 292 g/mol. The molecule has 4 nitrogen and oxygen atoms in total. The topological polar surface area (TPSA) is 42.7 Å². The third-order valence-corrected chi connectivity index (χ3v) is 6.23. The normalized spacial score (nSPS) is 30.6. The Morgan fingerprint density at radius 3 is 2.55 bits per heavy atom. The van der Waals surface area contributed by atoms with Crippen LogP contribution in [0.3, 0.4) is 0 Å². The minimum Gasteiger partial charge on any atom is -0.316 e. The van der Waals surface area contributed by atoms with Crippen LogP contribution < -0.4 is 5.32 Å². The standard InChI is InChI=1S/C15H24N4S/c1-16-12-4-2-3-5-13(12)20-15-18-17-14(10-6-7-10)19(15)11-8-9-11/h10-13,16H,2-9H2,1H3. The molecule has 0 aliphatic heterocycles. The van der Waals surface area contributed by atoms with Gasteiger partial charge in [-0.25, -0.2) is 0 Å². The predicted molar refractivity (Wildman–Crippen MR) is 81.2 cm³/mol. The third-order valence-electron chi connectivity index (χ3n) is 4.88. The second-order valence-electron chi connectivity index (χ2n) is 6.55. The highest BCUT2D eigenvalue weighted by Gasteiger charge is 2.37. The van der Waals surface area contributed by atoms with E-state index >= 15 is 0 Å². The van der Waals surface area contributed by atoms with Crippen molar-refractivity contribution in [1.82, 2.24) is 20.1 Å². The van der Waals surface area contributed by atoms with Gasteiger partial charge in [0.05, 0.1) is 0 Å². The summed E-state index contributed by atoms with van der Waals surface area (Å²) in [4.78, 5) is 0. The van der Waals surface area contributed by atoms with E-state index < -0.39 is 0 Å². The Morgan fingerprint density at radius 1 is 1.05 bits per heavy atom. The van der Waals surface area contributed by atoms with Crippen LogP contribution in [0.2, 0.25) is 0 Å². The van der Waals surface area contributed by atoms with Gasteiger partial charge in [0.15, 0.2) is 5.16 Å². The van der Waals surface area contributed by atoms with Crippen molar-refractivity contribution in [2.45, 2.75) is 79.8 Å². The number of rotatable bonds is 5. The van der Waals surface area contributed by atoms with E-state index in [2.05, 4.69) is 27.1 Å². The van der Waals surface area contributed by atoms with Crippen molar-refractivity contribution >= 4 is 11.8 Å². The van der Waals surface area contributed by atoms with Gasteiger partial charge in [0.25, 0.3) is 0 Å². The molecule has 110 valence electrons. The van der Waals surface area contributed by atoms with Crippen molar-refractivity contribution in [3.05, 3.63) is 5.82 Å². The van der Waals surface area contributed by atoms with Crippen molar-refractivity contribution in [3.8, 4) is 0 Å². The summed E-state index contributed by atoms with van der Waals surface area (Å²) in [7, 11) is 2.10. The van der Waals surface area contributed by atoms with Gasteiger partial charge < -0.3 is 9.88 Å². The van der Waals surface area contributed by atoms with Gasteiger partial charge in [-0.2, -0.15) is 0 Å². The van der Waals surface area contributed by atoms with E-state index in [-0.39, 0.29) is 0 Å². The molecular formula is C15H24N4S. The van der Waals surface area contributed by atoms with Crippen LogP contribution >= 0.6 is 11.8 Å². The van der Waals surface area contributed by atoms with Gasteiger partial charge in [-0.3, -0.25) is 0 Å². The lowest BCUT2D eigenvalue weighted by atomic mass is 9.95. The van der Waals surface area contributed by atoms with Crippen molar-refractivity contribution in [1.29, 1.82) is 0 Å². The Bertz CT molecular complexity index is 478. The number of thioether (sulfide) groups is 1. The summed E-state index contributed by atoms with van der Waals surface area (Å²) in [5.41, 5.74) is 0. The Hall–Kier alpha value is -0.550. The monoisotopic (exact) mass is 292 g/mol. The maximum atomic E-state index is 4.55. The van der Waals surface area contributed by atoms with Gasteiger partial charge in [0.1, 0.15) is 5.82 Å². The summed E-state index contributed by atoms with van der Waals surface area (Å²) < 4.78 is 2.49. The summed E-state index contributed by atoms with van der Waals surface area (Å²) in [6.45, 7) is 0. The maximum Gasteiger partial charge on any atom is 0.191 e. The first-order valence-corrected chi connectivity index (χ1v) is 9.03. The number of hydrogen-bond acceptors (Lipinski definition) is 4. The number of hydrogen-bond donors (Lipinski definition) is 1. The molecule has 3 aliphatic rings. The first-order chi connectivity index (χ1) is 9.86. The largest absolute Gasteiger partial charge is 0.316 e. The fourth-order valence-electron chi connectivity index (χ4n) is 3.37. The number of aromatic nitrogens is 3. The highest BCUT2D eigenvalue weighted by atomic mass is 32.2. The van der Waals surface area contributed by atoms with Crippen molar-refractivity contribution in [2.75, 3.05) is 7.05 Å². The van der Waals surface area contributed by atoms with Gasteiger partial charge >= 0.3 is 0 Å². The fraction of sp³-hybridized carbons (Fsp3) is 0.867. The number of nitrogens with one attached hydrogen (secondary N) is 1. The smallest absolute Gasteiger partial charge is 0.191 e. The molecule has 0 bridgehead atoms. The quantitative estimate of drug-likeness (QED) is 0.905. The molecule has 1 N–H and O–H groups in total. The Labute approximate surface area is 125 Å². The second-order valence-corrected chi connectivity index (χ2v) is 7.76. The van der Waals surface area contributed by atoms with E-state index in [0.29, 0.717) is 23.3 Å². The molecule has 0 amide bonds. The summed E-state index contributed by atoms with van der Waals surface area (Å²) in [6, 6.07) is 1.35. The van der Waals surface area contributed by atoms with Crippen LogP contribution in [0.1, 0.15) is 69.2 Å². The molecule has 2 atom stereocenters. The Morgan fingerprint density at radius 2 is 1.85 bits per heavy atom. The summed E-state index contributed by atoms with van der Waals surface area (Å²) in [5.74, 6) is 2.00. The lowest BCUT2D eigenvalue weighted by molar-refractivity contribution is 0.404. The van der Waals surface area contributed by atoms with Crippen molar-refractivity contribution < 1.29 is 0 Å². The molecule has 4 rings (SSSR count). The van der Waals surface area contributed by atoms with Gasteiger partial charge in [-0.15, -0.1) is 10.2 Å². The third kappa shape index (κ3) is 2.50.